The van der Waals surface area contributed by atoms with E-state index in [-0.39, 0.29) is 24.4 Å². The minimum atomic E-state index is -0.147. The largest absolute Gasteiger partial charge is 0.352 e. The maximum absolute atomic E-state index is 11.9. The van der Waals surface area contributed by atoms with Crippen LogP contribution in [-0.4, -0.2) is 35.8 Å². The van der Waals surface area contributed by atoms with E-state index in [1.165, 1.54) is 11.8 Å². The number of benzene rings is 1. The fourth-order valence-corrected chi connectivity index (χ4v) is 2.43. The Morgan fingerprint density at radius 1 is 1.32 bits per heavy atom. The van der Waals surface area contributed by atoms with Crippen LogP contribution in [0.1, 0.15) is 32.8 Å². The van der Waals surface area contributed by atoms with Crippen LogP contribution in [0.2, 0.25) is 10.0 Å². The zero-order valence-corrected chi connectivity index (χ0v) is 14.7. The molecular weight excluding hydrogens is 323 g/mol. The zero-order valence-electron chi connectivity index (χ0n) is 13.2. The van der Waals surface area contributed by atoms with Gasteiger partial charge < -0.3 is 10.2 Å². The van der Waals surface area contributed by atoms with Gasteiger partial charge in [0, 0.05) is 29.6 Å². The molecule has 0 saturated carbocycles. The number of hydrogen-bond donors (Lipinski definition) is 1. The summed E-state index contributed by atoms with van der Waals surface area (Å²) in [6.45, 7) is 5.88. The van der Waals surface area contributed by atoms with E-state index in [0.29, 0.717) is 23.0 Å². The van der Waals surface area contributed by atoms with Crippen molar-refractivity contribution in [2.45, 2.75) is 39.7 Å². The molecule has 4 nitrogen and oxygen atoms in total. The van der Waals surface area contributed by atoms with Crippen molar-refractivity contribution < 1.29 is 9.59 Å². The smallest absolute Gasteiger partial charge is 0.239 e. The molecular formula is C16H22Cl2N2O2. The second-order valence-electron chi connectivity index (χ2n) is 5.30. The Kier molecular flexibility index (Phi) is 7.69. The van der Waals surface area contributed by atoms with E-state index < -0.39 is 0 Å². The van der Waals surface area contributed by atoms with Crippen LogP contribution in [0.5, 0.6) is 0 Å². The molecule has 1 aromatic rings. The van der Waals surface area contributed by atoms with E-state index in [1.54, 1.807) is 12.1 Å². The van der Waals surface area contributed by atoms with Gasteiger partial charge in [0.1, 0.15) is 0 Å². The Morgan fingerprint density at radius 2 is 2.00 bits per heavy atom. The average molecular weight is 345 g/mol. The van der Waals surface area contributed by atoms with E-state index in [9.17, 15) is 9.59 Å². The molecule has 6 heteroatoms. The molecule has 1 rings (SSSR count). The van der Waals surface area contributed by atoms with Crippen molar-refractivity contribution in [1.82, 2.24) is 10.2 Å². The molecule has 1 atom stereocenters. The van der Waals surface area contributed by atoms with Gasteiger partial charge in [0.15, 0.2) is 0 Å². The molecule has 1 unspecified atom stereocenters. The third-order valence-corrected chi connectivity index (χ3v) is 4.05. The monoisotopic (exact) mass is 344 g/mol. The summed E-state index contributed by atoms with van der Waals surface area (Å²) >= 11 is 12.0. The zero-order chi connectivity index (χ0) is 16.7. The number of nitrogens with zero attached hydrogens (tertiary/aromatic N) is 1. The molecule has 0 fully saturated rings. The predicted molar refractivity (Wildman–Crippen MR) is 90.3 cm³/mol. The second-order valence-corrected chi connectivity index (χ2v) is 6.15. The highest BCUT2D eigenvalue weighted by Gasteiger charge is 2.15. The lowest BCUT2D eigenvalue weighted by molar-refractivity contribution is -0.134. The fourth-order valence-electron chi connectivity index (χ4n) is 1.92. The van der Waals surface area contributed by atoms with Gasteiger partial charge in [0.05, 0.1) is 6.54 Å². The lowest BCUT2D eigenvalue weighted by Crippen LogP contribution is -2.43. The normalized spacial score (nSPS) is 11.9. The van der Waals surface area contributed by atoms with Gasteiger partial charge in [0.2, 0.25) is 11.8 Å². The van der Waals surface area contributed by atoms with Gasteiger partial charge in [-0.05, 0) is 37.5 Å². The molecule has 0 heterocycles. The third kappa shape index (κ3) is 6.24. The molecule has 0 aromatic heterocycles. The van der Waals surface area contributed by atoms with E-state index in [0.717, 1.165) is 12.0 Å². The van der Waals surface area contributed by atoms with E-state index in [2.05, 4.69) is 5.32 Å². The van der Waals surface area contributed by atoms with Crippen LogP contribution >= 0.6 is 23.2 Å². The first-order valence-corrected chi connectivity index (χ1v) is 8.07. The van der Waals surface area contributed by atoms with Crippen LogP contribution in [0.4, 0.5) is 0 Å². The number of carbonyl (C=O) groups is 2. The average Bonchev–Trinajstić information content (AvgIpc) is 2.44. The first-order valence-electron chi connectivity index (χ1n) is 7.32. The van der Waals surface area contributed by atoms with Crippen LogP contribution in [0.15, 0.2) is 18.2 Å². The SMILES string of the molecule is CCC(C)NC(=O)CN(CCc1ccc(Cl)cc1Cl)C(C)=O. The van der Waals surface area contributed by atoms with Gasteiger partial charge in [-0.15, -0.1) is 0 Å². The van der Waals surface area contributed by atoms with Crippen molar-refractivity contribution in [2.75, 3.05) is 13.1 Å². The lowest BCUT2D eigenvalue weighted by Gasteiger charge is -2.22. The Morgan fingerprint density at radius 3 is 2.55 bits per heavy atom. The Labute approximate surface area is 141 Å². The van der Waals surface area contributed by atoms with Gasteiger partial charge in [-0.1, -0.05) is 36.2 Å². The van der Waals surface area contributed by atoms with Crippen molar-refractivity contribution in [1.29, 1.82) is 0 Å². The second kappa shape index (κ2) is 9.01. The van der Waals surface area contributed by atoms with Crippen molar-refractivity contribution >= 4 is 35.0 Å². The highest BCUT2D eigenvalue weighted by atomic mass is 35.5. The lowest BCUT2D eigenvalue weighted by atomic mass is 10.1. The first kappa shape index (κ1) is 18.8. The molecule has 0 bridgehead atoms. The van der Waals surface area contributed by atoms with Gasteiger partial charge in [-0.3, -0.25) is 9.59 Å². The number of nitrogens with one attached hydrogen (secondary N) is 1. The highest BCUT2D eigenvalue weighted by molar-refractivity contribution is 6.35. The van der Waals surface area contributed by atoms with E-state index >= 15 is 0 Å². The van der Waals surface area contributed by atoms with Crippen molar-refractivity contribution in [3.8, 4) is 0 Å². The highest BCUT2D eigenvalue weighted by Crippen LogP contribution is 2.21. The molecule has 0 spiro atoms. The summed E-state index contributed by atoms with van der Waals surface area (Å²) in [5, 5.41) is 4.00. The van der Waals surface area contributed by atoms with Gasteiger partial charge >= 0.3 is 0 Å². The molecule has 0 radical (unpaired) electrons. The van der Waals surface area contributed by atoms with Gasteiger partial charge in [-0.25, -0.2) is 0 Å². The molecule has 1 N–H and O–H groups in total. The number of halogens is 2. The summed E-state index contributed by atoms with van der Waals surface area (Å²) in [7, 11) is 0. The summed E-state index contributed by atoms with van der Waals surface area (Å²) in [5.41, 5.74) is 0.902. The van der Waals surface area contributed by atoms with Crippen molar-refractivity contribution in [3.05, 3.63) is 33.8 Å². The Balaban J connectivity index is 2.61. The Bertz CT molecular complexity index is 535. The minimum absolute atomic E-state index is 0.0604. The van der Waals surface area contributed by atoms with E-state index in [4.69, 9.17) is 23.2 Å². The molecule has 1 aromatic carbocycles. The third-order valence-electron chi connectivity index (χ3n) is 3.47. The minimum Gasteiger partial charge on any atom is -0.352 e. The summed E-state index contributed by atoms with van der Waals surface area (Å²) in [6, 6.07) is 5.37. The van der Waals surface area contributed by atoms with Gasteiger partial charge in [-0.2, -0.15) is 0 Å². The summed E-state index contributed by atoms with van der Waals surface area (Å²) in [5.74, 6) is -0.281. The maximum Gasteiger partial charge on any atom is 0.239 e. The number of rotatable bonds is 7. The van der Waals surface area contributed by atoms with Crippen LogP contribution in [0.3, 0.4) is 0 Å². The summed E-state index contributed by atoms with van der Waals surface area (Å²) in [4.78, 5) is 25.1. The first-order chi connectivity index (χ1) is 10.3. The molecule has 0 aliphatic heterocycles. The van der Waals surface area contributed by atoms with Crippen molar-refractivity contribution in [2.24, 2.45) is 0 Å². The molecule has 22 heavy (non-hydrogen) atoms. The number of amides is 2. The Hall–Kier alpha value is -1.26. The van der Waals surface area contributed by atoms with Crippen LogP contribution in [0, 0.1) is 0 Å². The molecule has 0 aliphatic carbocycles. The maximum atomic E-state index is 11.9. The van der Waals surface area contributed by atoms with Crippen molar-refractivity contribution in [3.63, 3.8) is 0 Å². The topological polar surface area (TPSA) is 49.4 Å². The fraction of sp³-hybridized carbons (Fsp3) is 0.500. The van der Waals surface area contributed by atoms with E-state index in [1.807, 2.05) is 19.9 Å². The predicted octanol–water partition coefficient (Wildman–Crippen LogP) is 3.30. The molecule has 0 saturated heterocycles. The van der Waals surface area contributed by atoms with Crippen LogP contribution < -0.4 is 5.32 Å². The summed E-state index contributed by atoms with van der Waals surface area (Å²) < 4.78 is 0. The summed E-state index contributed by atoms with van der Waals surface area (Å²) in [6.07, 6.45) is 1.43. The molecule has 2 amide bonds. The number of hydrogen-bond acceptors (Lipinski definition) is 2. The van der Waals surface area contributed by atoms with Gasteiger partial charge in [0.25, 0.3) is 0 Å². The molecule has 0 aliphatic rings. The molecule has 122 valence electrons. The quantitative estimate of drug-likeness (QED) is 0.824. The standard InChI is InChI=1S/C16H22Cl2N2O2/c1-4-11(2)19-16(22)10-20(12(3)21)8-7-13-5-6-14(17)9-15(13)18/h5-6,9,11H,4,7-8,10H2,1-3H3,(H,19,22). The van der Waals surface area contributed by atoms with Crippen LogP contribution in [-0.2, 0) is 16.0 Å². The van der Waals surface area contributed by atoms with Crippen LogP contribution in [0.25, 0.3) is 0 Å². The number of carbonyl (C=O) groups excluding carboxylic acids is 2.